The first-order valence-corrected chi connectivity index (χ1v) is 7.29. The molecule has 20 heavy (non-hydrogen) atoms. The van der Waals surface area contributed by atoms with Crippen molar-refractivity contribution in [3.63, 3.8) is 0 Å². The summed E-state index contributed by atoms with van der Waals surface area (Å²) < 4.78 is 13.3. The highest BCUT2D eigenvalue weighted by Crippen LogP contribution is 2.46. The van der Waals surface area contributed by atoms with Gasteiger partial charge in [-0.05, 0) is 60.8 Å². The Morgan fingerprint density at radius 1 is 1.15 bits per heavy atom. The SMILES string of the molecule is CN1C2CC=CC1(c1ccc3cc(F)ccc3c1)CC2. The second-order valence-corrected chi connectivity index (χ2v) is 6.07. The fraction of sp³-hybridized carbons (Fsp3) is 0.333. The normalized spacial score (nSPS) is 29.2. The lowest BCUT2D eigenvalue weighted by Gasteiger charge is -2.39. The molecule has 0 spiro atoms. The maximum absolute atomic E-state index is 13.3. The molecule has 102 valence electrons. The minimum absolute atomic E-state index is 0.0471. The van der Waals surface area contributed by atoms with Gasteiger partial charge < -0.3 is 0 Å². The molecule has 4 rings (SSSR count). The van der Waals surface area contributed by atoms with E-state index in [9.17, 15) is 4.39 Å². The Kier molecular flexibility index (Phi) is 2.52. The molecule has 0 radical (unpaired) electrons. The molecule has 2 aliphatic rings. The Bertz CT molecular complexity index is 706. The molecular formula is C18H18FN. The molecule has 0 N–H and O–H groups in total. The predicted octanol–water partition coefficient (Wildman–Crippen LogP) is 4.23. The van der Waals surface area contributed by atoms with E-state index in [4.69, 9.17) is 0 Å². The van der Waals surface area contributed by atoms with E-state index in [1.165, 1.54) is 18.4 Å². The highest BCUT2D eigenvalue weighted by Gasteiger charge is 2.45. The molecule has 0 aromatic heterocycles. The maximum Gasteiger partial charge on any atom is 0.123 e. The molecule has 1 saturated heterocycles. The van der Waals surface area contributed by atoms with Crippen LogP contribution in [0.2, 0.25) is 0 Å². The largest absolute Gasteiger partial charge is 0.290 e. The molecule has 2 heteroatoms. The van der Waals surface area contributed by atoms with Crippen LogP contribution in [0.25, 0.3) is 10.8 Å². The molecule has 2 bridgehead atoms. The summed E-state index contributed by atoms with van der Waals surface area (Å²) in [4.78, 5) is 2.51. The average molecular weight is 267 g/mol. The van der Waals surface area contributed by atoms with E-state index >= 15 is 0 Å². The summed E-state index contributed by atoms with van der Waals surface area (Å²) in [6.45, 7) is 0. The van der Waals surface area contributed by atoms with Crippen LogP contribution in [0.3, 0.4) is 0 Å². The number of likely N-dealkylation sites (N-methyl/N-ethyl adjacent to an activating group) is 1. The van der Waals surface area contributed by atoms with Crippen molar-refractivity contribution in [2.75, 3.05) is 7.05 Å². The van der Waals surface area contributed by atoms with Gasteiger partial charge in [0.1, 0.15) is 5.82 Å². The van der Waals surface area contributed by atoms with Crippen LogP contribution in [-0.2, 0) is 5.54 Å². The Hall–Kier alpha value is -1.67. The van der Waals surface area contributed by atoms with Crippen LogP contribution >= 0.6 is 0 Å². The van der Waals surface area contributed by atoms with Crippen molar-refractivity contribution in [2.24, 2.45) is 0 Å². The van der Waals surface area contributed by atoms with Gasteiger partial charge in [0.25, 0.3) is 0 Å². The van der Waals surface area contributed by atoms with Crippen LogP contribution in [0, 0.1) is 5.82 Å². The number of benzene rings is 2. The highest BCUT2D eigenvalue weighted by molar-refractivity contribution is 5.83. The van der Waals surface area contributed by atoms with E-state index in [0.717, 1.165) is 17.2 Å². The minimum atomic E-state index is -0.168. The van der Waals surface area contributed by atoms with Gasteiger partial charge in [0.15, 0.2) is 0 Å². The summed E-state index contributed by atoms with van der Waals surface area (Å²) in [5.41, 5.74) is 1.38. The van der Waals surface area contributed by atoms with Crippen LogP contribution in [-0.4, -0.2) is 18.0 Å². The zero-order valence-electron chi connectivity index (χ0n) is 11.6. The molecule has 0 saturated carbocycles. The van der Waals surface area contributed by atoms with Gasteiger partial charge >= 0.3 is 0 Å². The zero-order valence-corrected chi connectivity index (χ0v) is 11.6. The van der Waals surface area contributed by atoms with Gasteiger partial charge in [-0.1, -0.05) is 30.4 Å². The summed E-state index contributed by atoms with van der Waals surface area (Å²) in [5.74, 6) is -0.168. The minimum Gasteiger partial charge on any atom is -0.290 e. The molecule has 2 unspecified atom stereocenters. The molecular weight excluding hydrogens is 249 g/mol. The second kappa shape index (κ2) is 4.16. The third-order valence-electron chi connectivity index (χ3n) is 5.14. The van der Waals surface area contributed by atoms with Gasteiger partial charge in [0, 0.05) is 6.04 Å². The summed E-state index contributed by atoms with van der Waals surface area (Å²) in [6.07, 6.45) is 8.28. The van der Waals surface area contributed by atoms with Crippen molar-refractivity contribution in [2.45, 2.75) is 30.8 Å². The second-order valence-electron chi connectivity index (χ2n) is 6.07. The molecule has 2 aromatic rings. The first-order valence-electron chi connectivity index (χ1n) is 7.29. The van der Waals surface area contributed by atoms with Gasteiger partial charge in [0.2, 0.25) is 0 Å². The van der Waals surface area contributed by atoms with E-state index in [0.29, 0.717) is 6.04 Å². The molecule has 2 aliphatic heterocycles. The Morgan fingerprint density at radius 3 is 2.85 bits per heavy atom. The van der Waals surface area contributed by atoms with Crippen LogP contribution in [0.1, 0.15) is 24.8 Å². The molecule has 0 aliphatic carbocycles. The van der Waals surface area contributed by atoms with E-state index in [1.807, 2.05) is 12.1 Å². The lowest BCUT2D eigenvalue weighted by atomic mass is 9.85. The summed E-state index contributed by atoms with van der Waals surface area (Å²) in [5, 5.41) is 2.09. The Morgan fingerprint density at radius 2 is 1.95 bits per heavy atom. The lowest BCUT2D eigenvalue weighted by molar-refractivity contribution is 0.168. The standard InChI is InChI=1S/C18H18FN/c1-20-17-3-2-9-18(20,10-8-17)15-6-4-14-12-16(19)7-5-13(14)11-15/h2,4-7,9,11-12,17H,3,8,10H2,1H3. The van der Waals surface area contributed by atoms with Crippen molar-refractivity contribution in [3.8, 4) is 0 Å². The van der Waals surface area contributed by atoms with Crippen molar-refractivity contribution >= 4 is 10.8 Å². The Balaban J connectivity index is 1.88. The van der Waals surface area contributed by atoms with Crippen molar-refractivity contribution < 1.29 is 4.39 Å². The van der Waals surface area contributed by atoms with Gasteiger partial charge in [-0.2, -0.15) is 0 Å². The molecule has 1 fully saturated rings. The Labute approximate surface area is 118 Å². The third-order valence-corrected chi connectivity index (χ3v) is 5.14. The fourth-order valence-corrected chi connectivity index (χ4v) is 3.91. The van der Waals surface area contributed by atoms with Crippen molar-refractivity contribution in [1.29, 1.82) is 0 Å². The summed E-state index contributed by atoms with van der Waals surface area (Å²) in [6, 6.07) is 12.1. The first-order chi connectivity index (χ1) is 9.69. The van der Waals surface area contributed by atoms with E-state index < -0.39 is 0 Å². The average Bonchev–Trinajstić information content (AvgIpc) is 2.65. The molecule has 2 aromatic carbocycles. The number of rotatable bonds is 1. The quantitative estimate of drug-likeness (QED) is 0.699. The van der Waals surface area contributed by atoms with Crippen LogP contribution in [0.15, 0.2) is 48.6 Å². The highest BCUT2D eigenvalue weighted by atomic mass is 19.1. The lowest BCUT2D eigenvalue weighted by Crippen LogP contribution is -2.42. The number of halogens is 1. The van der Waals surface area contributed by atoms with E-state index in [-0.39, 0.29) is 11.4 Å². The fourth-order valence-electron chi connectivity index (χ4n) is 3.91. The number of nitrogens with zero attached hydrogens (tertiary/aromatic N) is 1. The topological polar surface area (TPSA) is 3.24 Å². The van der Waals surface area contributed by atoms with Gasteiger partial charge in [-0.15, -0.1) is 0 Å². The monoisotopic (exact) mass is 267 g/mol. The molecule has 2 heterocycles. The number of fused-ring (bicyclic) bond motifs is 3. The van der Waals surface area contributed by atoms with Crippen LogP contribution in [0.4, 0.5) is 4.39 Å². The summed E-state index contributed by atoms with van der Waals surface area (Å²) >= 11 is 0. The summed E-state index contributed by atoms with van der Waals surface area (Å²) in [7, 11) is 2.23. The van der Waals surface area contributed by atoms with Crippen molar-refractivity contribution in [3.05, 3.63) is 59.9 Å². The van der Waals surface area contributed by atoms with Crippen LogP contribution < -0.4 is 0 Å². The van der Waals surface area contributed by atoms with Gasteiger partial charge in [-0.3, -0.25) is 4.90 Å². The van der Waals surface area contributed by atoms with E-state index in [1.54, 1.807) is 12.1 Å². The molecule has 0 amide bonds. The number of hydrogen-bond acceptors (Lipinski definition) is 1. The maximum atomic E-state index is 13.3. The molecule has 1 nitrogen and oxygen atoms in total. The predicted molar refractivity (Wildman–Crippen MR) is 80.1 cm³/mol. The third kappa shape index (κ3) is 1.58. The van der Waals surface area contributed by atoms with Crippen molar-refractivity contribution in [1.82, 2.24) is 4.90 Å². The van der Waals surface area contributed by atoms with Gasteiger partial charge in [-0.25, -0.2) is 4.39 Å². The van der Waals surface area contributed by atoms with E-state index in [2.05, 4.69) is 36.2 Å². The zero-order chi connectivity index (χ0) is 13.7. The molecule has 2 atom stereocenters. The smallest absolute Gasteiger partial charge is 0.123 e. The first kappa shape index (κ1) is 12.1. The van der Waals surface area contributed by atoms with Gasteiger partial charge in [0.05, 0.1) is 5.54 Å². The van der Waals surface area contributed by atoms with Crippen LogP contribution in [0.5, 0.6) is 0 Å². The number of hydrogen-bond donors (Lipinski definition) is 0.